The van der Waals surface area contributed by atoms with E-state index in [0.717, 1.165) is 22.9 Å². The molecule has 0 saturated heterocycles. The number of carbonyl (C=O) groups excluding carboxylic acids is 3. The van der Waals surface area contributed by atoms with Gasteiger partial charge in [-0.25, -0.2) is 9.78 Å². The van der Waals surface area contributed by atoms with E-state index < -0.39 is 47.9 Å². The Hall–Kier alpha value is -4.23. The Morgan fingerprint density at radius 2 is 1.72 bits per heavy atom. The summed E-state index contributed by atoms with van der Waals surface area (Å²) < 4.78 is 0. The summed E-state index contributed by atoms with van der Waals surface area (Å²) in [6.45, 7) is 1.93. The van der Waals surface area contributed by atoms with Crippen molar-refractivity contribution >= 4 is 34.6 Å². The molecule has 13 nitrogen and oxygen atoms in total. The van der Waals surface area contributed by atoms with E-state index in [9.17, 15) is 24.3 Å². The van der Waals surface area contributed by atoms with Gasteiger partial charge in [0.05, 0.1) is 12.4 Å². The monoisotopic (exact) mass is 540 g/mol. The van der Waals surface area contributed by atoms with Gasteiger partial charge in [-0.3, -0.25) is 14.4 Å². The molecule has 0 spiro atoms. The van der Waals surface area contributed by atoms with E-state index in [1.54, 1.807) is 6.20 Å². The lowest BCUT2D eigenvalue weighted by atomic mass is 10.0. The van der Waals surface area contributed by atoms with Crippen LogP contribution in [-0.2, 0) is 32.0 Å². The van der Waals surface area contributed by atoms with Crippen LogP contribution in [0.2, 0.25) is 0 Å². The molecule has 13 heteroatoms. The van der Waals surface area contributed by atoms with Crippen LogP contribution in [-0.4, -0.2) is 74.5 Å². The second kappa shape index (κ2) is 14.1. The third kappa shape index (κ3) is 8.38. The van der Waals surface area contributed by atoms with Gasteiger partial charge < -0.3 is 42.5 Å². The fourth-order valence-corrected chi connectivity index (χ4v) is 4.14. The Kier molecular flexibility index (Phi) is 10.6. The van der Waals surface area contributed by atoms with E-state index in [2.05, 4.69) is 30.9 Å². The van der Waals surface area contributed by atoms with Crippen molar-refractivity contribution in [3.63, 3.8) is 0 Å². The average Bonchev–Trinajstić information content (AvgIpc) is 3.57. The van der Waals surface area contributed by atoms with E-state index >= 15 is 0 Å². The lowest BCUT2D eigenvalue weighted by Gasteiger charge is -2.23. The largest absolute Gasteiger partial charge is 0.480 e. The van der Waals surface area contributed by atoms with Gasteiger partial charge >= 0.3 is 5.97 Å². The highest BCUT2D eigenvalue weighted by Gasteiger charge is 2.29. The van der Waals surface area contributed by atoms with Crippen LogP contribution in [0.15, 0.2) is 43.0 Å². The summed E-state index contributed by atoms with van der Waals surface area (Å²) in [6.07, 6.45) is 6.61. The number of aromatic amines is 2. The molecule has 4 unspecified atom stereocenters. The first-order valence-corrected chi connectivity index (χ1v) is 12.8. The molecular formula is C26H36N8O5. The van der Waals surface area contributed by atoms with Crippen LogP contribution in [0.3, 0.4) is 0 Å². The zero-order chi connectivity index (χ0) is 28.4. The number of hydrogen-bond donors (Lipinski definition) is 8. The quantitative estimate of drug-likeness (QED) is 0.119. The minimum atomic E-state index is -1.22. The average molecular weight is 541 g/mol. The summed E-state index contributed by atoms with van der Waals surface area (Å²) >= 11 is 0. The Morgan fingerprint density at radius 3 is 2.41 bits per heavy atom. The predicted octanol–water partition coefficient (Wildman–Crippen LogP) is -0.309. The van der Waals surface area contributed by atoms with Crippen molar-refractivity contribution in [2.75, 3.05) is 6.54 Å². The Balaban J connectivity index is 1.63. The Bertz CT molecular complexity index is 1260. The highest BCUT2D eigenvalue weighted by Crippen LogP contribution is 2.19. The first kappa shape index (κ1) is 29.3. The number of H-pyrrole nitrogens is 2. The number of benzene rings is 1. The molecule has 0 bridgehead atoms. The van der Waals surface area contributed by atoms with Crippen LogP contribution in [0.1, 0.15) is 37.4 Å². The number of nitrogens with one attached hydrogen (secondary N) is 5. The fourth-order valence-electron chi connectivity index (χ4n) is 4.14. The van der Waals surface area contributed by atoms with Gasteiger partial charge in [0.25, 0.3) is 0 Å². The van der Waals surface area contributed by atoms with Crippen molar-refractivity contribution in [1.82, 2.24) is 30.9 Å². The van der Waals surface area contributed by atoms with E-state index in [0.29, 0.717) is 25.1 Å². The van der Waals surface area contributed by atoms with Crippen molar-refractivity contribution in [1.29, 1.82) is 0 Å². The van der Waals surface area contributed by atoms with E-state index in [4.69, 9.17) is 11.5 Å². The third-order valence-electron chi connectivity index (χ3n) is 6.38. The molecule has 0 radical (unpaired) electrons. The highest BCUT2D eigenvalue weighted by molar-refractivity contribution is 5.94. The number of hydrogen-bond acceptors (Lipinski definition) is 7. The molecule has 3 aromatic rings. The number of carboxylic acid groups (broad SMARTS) is 1. The lowest BCUT2D eigenvalue weighted by Crippen LogP contribution is -2.57. The number of imidazole rings is 1. The third-order valence-corrected chi connectivity index (χ3v) is 6.38. The second-order valence-corrected chi connectivity index (χ2v) is 9.43. The molecule has 10 N–H and O–H groups in total. The molecule has 1 aromatic carbocycles. The summed E-state index contributed by atoms with van der Waals surface area (Å²) in [5, 5.41) is 18.3. The summed E-state index contributed by atoms with van der Waals surface area (Å²) in [5.41, 5.74) is 13.6. The second-order valence-electron chi connectivity index (χ2n) is 9.43. The first-order chi connectivity index (χ1) is 18.7. The van der Waals surface area contributed by atoms with Crippen LogP contribution in [0.5, 0.6) is 0 Å². The van der Waals surface area contributed by atoms with Gasteiger partial charge in [-0.15, -0.1) is 0 Å². The van der Waals surface area contributed by atoms with Gasteiger partial charge in [-0.05, 0) is 37.9 Å². The molecule has 0 aliphatic rings. The van der Waals surface area contributed by atoms with Crippen molar-refractivity contribution in [3.8, 4) is 0 Å². The first-order valence-electron chi connectivity index (χ1n) is 12.8. The summed E-state index contributed by atoms with van der Waals surface area (Å²) in [4.78, 5) is 60.4. The van der Waals surface area contributed by atoms with Crippen molar-refractivity contribution < 1.29 is 24.3 Å². The molecule has 0 saturated carbocycles. The predicted molar refractivity (Wildman–Crippen MR) is 144 cm³/mol. The standard InChI is InChI=1S/C26H36N8O5/c1-15(23(35)34-22(26(38)39)10-16-12-30-20-8-3-2-6-18(16)20)32-25(37)21(11-17-13-29-14-31-17)33-24(36)19(28)7-4-5-9-27/h2-3,6,8,12-15,19,21-22,30H,4-5,7,9-11,27-28H2,1H3,(H,29,31)(H,32,37)(H,33,36)(H,34,35)(H,38,39). The highest BCUT2D eigenvalue weighted by atomic mass is 16.4. The van der Waals surface area contributed by atoms with E-state index in [-0.39, 0.29) is 12.8 Å². The van der Waals surface area contributed by atoms with Crippen molar-refractivity contribution in [3.05, 3.63) is 54.2 Å². The van der Waals surface area contributed by atoms with Gasteiger partial charge in [-0.1, -0.05) is 24.6 Å². The molecule has 39 heavy (non-hydrogen) atoms. The van der Waals surface area contributed by atoms with Gasteiger partial charge in [0, 0.05) is 41.8 Å². The molecule has 3 amide bonds. The molecule has 4 atom stereocenters. The van der Waals surface area contributed by atoms with Crippen molar-refractivity contribution in [2.24, 2.45) is 11.5 Å². The number of nitrogens with zero attached hydrogens (tertiary/aromatic N) is 1. The number of carboxylic acids is 1. The van der Waals surface area contributed by atoms with Gasteiger partial charge in [0.2, 0.25) is 17.7 Å². The van der Waals surface area contributed by atoms with Crippen LogP contribution < -0.4 is 27.4 Å². The Labute approximate surface area is 225 Å². The number of para-hydroxylation sites is 1. The van der Waals surface area contributed by atoms with Crippen LogP contribution in [0, 0.1) is 0 Å². The lowest BCUT2D eigenvalue weighted by molar-refractivity contribution is -0.142. The molecular weight excluding hydrogens is 504 g/mol. The van der Waals surface area contributed by atoms with Crippen LogP contribution in [0.25, 0.3) is 10.9 Å². The number of nitrogens with two attached hydrogens (primary N) is 2. The summed E-state index contributed by atoms with van der Waals surface area (Å²) in [5.74, 6) is -3.02. The zero-order valence-electron chi connectivity index (χ0n) is 21.8. The minimum absolute atomic E-state index is 0.0479. The summed E-state index contributed by atoms with van der Waals surface area (Å²) in [7, 11) is 0. The number of fused-ring (bicyclic) bond motifs is 1. The topological polar surface area (TPSA) is 221 Å². The maximum absolute atomic E-state index is 13.1. The normalized spacial score (nSPS) is 14.2. The molecule has 0 aliphatic heterocycles. The molecule has 2 aromatic heterocycles. The summed E-state index contributed by atoms with van der Waals surface area (Å²) in [6, 6.07) is 3.27. The number of aromatic nitrogens is 3. The van der Waals surface area contributed by atoms with E-state index in [1.807, 2.05) is 24.3 Å². The smallest absolute Gasteiger partial charge is 0.326 e. The maximum Gasteiger partial charge on any atom is 0.326 e. The maximum atomic E-state index is 13.1. The molecule has 210 valence electrons. The zero-order valence-corrected chi connectivity index (χ0v) is 21.8. The molecule has 3 rings (SSSR count). The van der Waals surface area contributed by atoms with Crippen LogP contribution in [0.4, 0.5) is 0 Å². The number of amides is 3. The SMILES string of the molecule is CC(NC(=O)C(Cc1cnc[nH]1)NC(=O)C(N)CCCCN)C(=O)NC(Cc1c[nH]c2ccccc12)C(=O)O. The minimum Gasteiger partial charge on any atom is -0.480 e. The molecule has 0 fully saturated rings. The number of carbonyl (C=O) groups is 4. The fraction of sp³-hybridized carbons (Fsp3) is 0.423. The number of aliphatic carboxylic acids is 1. The number of rotatable bonds is 15. The van der Waals surface area contributed by atoms with Gasteiger partial charge in [-0.2, -0.15) is 0 Å². The molecule has 0 aliphatic carbocycles. The van der Waals surface area contributed by atoms with E-state index in [1.165, 1.54) is 19.4 Å². The number of unbranched alkanes of at least 4 members (excludes halogenated alkanes) is 1. The Morgan fingerprint density at radius 1 is 0.974 bits per heavy atom. The van der Waals surface area contributed by atoms with Crippen molar-refractivity contribution in [2.45, 2.75) is 63.2 Å². The van der Waals surface area contributed by atoms with Gasteiger partial charge in [0.15, 0.2) is 0 Å². The van der Waals surface area contributed by atoms with Crippen LogP contribution >= 0.6 is 0 Å². The molecule has 2 heterocycles. The van der Waals surface area contributed by atoms with Gasteiger partial charge in [0.1, 0.15) is 18.1 Å².